The van der Waals surface area contributed by atoms with E-state index in [9.17, 15) is 13.2 Å². The summed E-state index contributed by atoms with van der Waals surface area (Å²) in [6.07, 6.45) is 0.364. The largest absolute Gasteiger partial charge is 0.495 e. The molecular weight excluding hydrogens is 268 g/mol. The van der Waals surface area contributed by atoms with E-state index < -0.39 is 10.0 Å². The van der Waals surface area contributed by atoms with E-state index in [4.69, 9.17) is 9.88 Å². The van der Waals surface area contributed by atoms with E-state index in [0.29, 0.717) is 12.0 Å². The Balaban J connectivity index is 3.15. The summed E-state index contributed by atoms with van der Waals surface area (Å²) in [5, 5.41) is 7.88. The Labute approximate surface area is 113 Å². The van der Waals surface area contributed by atoms with E-state index in [2.05, 4.69) is 5.32 Å². The lowest BCUT2D eigenvalue weighted by molar-refractivity contribution is -0.121. The van der Waals surface area contributed by atoms with Gasteiger partial charge in [0.1, 0.15) is 10.6 Å². The minimum Gasteiger partial charge on any atom is -0.495 e. The summed E-state index contributed by atoms with van der Waals surface area (Å²) in [5.74, 6) is 0.0701. The number of rotatable bonds is 5. The number of nitrogens with two attached hydrogens (primary N) is 1. The molecule has 0 heterocycles. The van der Waals surface area contributed by atoms with E-state index in [0.717, 1.165) is 0 Å². The quantitative estimate of drug-likeness (QED) is 0.841. The number of carbonyl (C=O) groups excluding carboxylic acids is 1. The normalized spacial score (nSPS) is 12.8. The first-order valence-electron chi connectivity index (χ1n) is 5.79. The molecule has 3 N–H and O–H groups in total. The molecule has 106 valence electrons. The number of primary sulfonamides is 1. The Morgan fingerprint density at radius 3 is 2.58 bits per heavy atom. The minimum atomic E-state index is -3.87. The highest BCUT2D eigenvalue weighted by Gasteiger charge is 2.18. The van der Waals surface area contributed by atoms with Crippen molar-refractivity contribution in [1.82, 2.24) is 5.32 Å². The van der Waals surface area contributed by atoms with Crippen molar-refractivity contribution in [3.8, 4) is 5.75 Å². The lowest BCUT2D eigenvalue weighted by Gasteiger charge is -2.16. The number of hydrogen-bond donors (Lipinski definition) is 2. The van der Waals surface area contributed by atoms with Crippen molar-refractivity contribution in [3.05, 3.63) is 23.8 Å². The molecule has 0 spiro atoms. The summed E-state index contributed by atoms with van der Waals surface area (Å²) in [7, 11) is -2.51. The van der Waals surface area contributed by atoms with E-state index in [1.54, 1.807) is 19.9 Å². The number of sulfonamides is 1. The zero-order valence-electron chi connectivity index (χ0n) is 11.1. The van der Waals surface area contributed by atoms with E-state index in [-0.39, 0.29) is 22.6 Å². The summed E-state index contributed by atoms with van der Waals surface area (Å²) in [6.45, 7) is 3.51. The third-order valence-electron chi connectivity index (χ3n) is 2.69. The van der Waals surface area contributed by atoms with E-state index in [1.165, 1.54) is 19.2 Å². The predicted molar refractivity (Wildman–Crippen MR) is 71.2 cm³/mol. The summed E-state index contributed by atoms with van der Waals surface area (Å²) >= 11 is 0. The molecule has 0 fully saturated rings. The molecule has 6 nitrogen and oxygen atoms in total. The molecule has 0 aliphatic heterocycles. The molecule has 1 amide bonds. The topological polar surface area (TPSA) is 98.5 Å². The van der Waals surface area contributed by atoms with Gasteiger partial charge in [0, 0.05) is 6.42 Å². The van der Waals surface area contributed by atoms with Gasteiger partial charge < -0.3 is 10.1 Å². The van der Waals surface area contributed by atoms with Crippen LogP contribution in [-0.2, 0) is 14.8 Å². The Kier molecular flexibility index (Phi) is 4.90. The average molecular weight is 286 g/mol. The summed E-state index contributed by atoms with van der Waals surface area (Å²) in [4.78, 5) is 11.2. The lowest BCUT2D eigenvalue weighted by Crippen LogP contribution is -2.26. The number of carbonyl (C=O) groups is 1. The number of ether oxygens (including phenoxy) is 1. The van der Waals surface area contributed by atoms with Crippen LogP contribution in [0.1, 0.15) is 31.9 Å². The van der Waals surface area contributed by atoms with Gasteiger partial charge in [-0.3, -0.25) is 4.79 Å². The number of benzene rings is 1. The van der Waals surface area contributed by atoms with Crippen molar-refractivity contribution in [2.75, 3.05) is 7.11 Å². The zero-order valence-corrected chi connectivity index (χ0v) is 12.0. The first-order chi connectivity index (χ1) is 8.79. The molecule has 0 aromatic heterocycles. The van der Waals surface area contributed by atoms with Gasteiger partial charge >= 0.3 is 0 Å². The van der Waals surface area contributed by atoms with Crippen LogP contribution in [0.5, 0.6) is 5.75 Å². The van der Waals surface area contributed by atoms with Gasteiger partial charge in [0.15, 0.2) is 0 Å². The Morgan fingerprint density at radius 1 is 1.47 bits per heavy atom. The van der Waals surface area contributed by atoms with Gasteiger partial charge in [-0.1, -0.05) is 13.0 Å². The van der Waals surface area contributed by atoms with Crippen molar-refractivity contribution >= 4 is 15.9 Å². The standard InChI is InChI=1S/C12H18N2O4S/c1-4-12(15)14-8(2)9-5-6-10(18-3)11(7-9)19(13,16)17/h5-8H,4H2,1-3H3,(H,14,15)(H2,13,16,17). The molecule has 0 radical (unpaired) electrons. The molecule has 0 saturated carbocycles. The van der Waals surface area contributed by atoms with Gasteiger partial charge in [-0.15, -0.1) is 0 Å². The molecule has 0 aliphatic rings. The summed E-state index contributed by atoms with van der Waals surface area (Å²) in [6, 6.07) is 4.31. The Morgan fingerprint density at radius 2 is 2.11 bits per heavy atom. The van der Waals surface area contributed by atoms with Crippen molar-refractivity contribution in [2.45, 2.75) is 31.2 Å². The fourth-order valence-corrected chi connectivity index (χ4v) is 2.34. The zero-order chi connectivity index (χ0) is 14.6. The fraction of sp³-hybridized carbons (Fsp3) is 0.417. The number of methoxy groups -OCH3 is 1. The van der Waals surface area contributed by atoms with Crippen LogP contribution in [0.3, 0.4) is 0 Å². The maximum Gasteiger partial charge on any atom is 0.241 e. The molecule has 7 heteroatoms. The van der Waals surface area contributed by atoms with Crippen molar-refractivity contribution < 1.29 is 17.9 Å². The monoisotopic (exact) mass is 286 g/mol. The Hall–Kier alpha value is -1.60. The molecule has 1 rings (SSSR count). The molecule has 1 aromatic rings. The highest BCUT2D eigenvalue weighted by Crippen LogP contribution is 2.26. The van der Waals surface area contributed by atoms with Crippen LogP contribution in [0.4, 0.5) is 0 Å². The smallest absolute Gasteiger partial charge is 0.241 e. The van der Waals surface area contributed by atoms with Crippen molar-refractivity contribution in [1.29, 1.82) is 0 Å². The van der Waals surface area contributed by atoms with Gasteiger partial charge in [0.05, 0.1) is 13.2 Å². The highest BCUT2D eigenvalue weighted by atomic mass is 32.2. The van der Waals surface area contributed by atoms with E-state index >= 15 is 0 Å². The third kappa shape index (κ3) is 3.93. The predicted octanol–water partition coefficient (Wildman–Crippen LogP) is 0.930. The van der Waals surface area contributed by atoms with Gasteiger partial charge in [0.25, 0.3) is 0 Å². The van der Waals surface area contributed by atoms with Crippen LogP contribution in [0.2, 0.25) is 0 Å². The average Bonchev–Trinajstić information content (AvgIpc) is 2.36. The number of nitrogens with one attached hydrogen (secondary N) is 1. The molecular formula is C12H18N2O4S. The second-order valence-electron chi connectivity index (χ2n) is 4.10. The second kappa shape index (κ2) is 6.03. The number of amides is 1. The third-order valence-corrected chi connectivity index (χ3v) is 3.62. The first-order valence-corrected chi connectivity index (χ1v) is 7.34. The Bertz CT molecular complexity index is 569. The molecule has 0 bridgehead atoms. The summed E-state index contributed by atoms with van der Waals surface area (Å²) < 4.78 is 27.9. The highest BCUT2D eigenvalue weighted by molar-refractivity contribution is 7.89. The minimum absolute atomic E-state index is 0.0925. The fourth-order valence-electron chi connectivity index (χ4n) is 1.61. The van der Waals surface area contributed by atoms with Gasteiger partial charge in [0.2, 0.25) is 15.9 Å². The van der Waals surface area contributed by atoms with Crippen LogP contribution in [0.15, 0.2) is 23.1 Å². The molecule has 0 aliphatic carbocycles. The molecule has 1 aromatic carbocycles. The molecule has 19 heavy (non-hydrogen) atoms. The SMILES string of the molecule is CCC(=O)NC(C)c1ccc(OC)c(S(N)(=O)=O)c1. The van der Waals surface area contributed by atoms with Gasteiger partial charge in [-0.05, 0) is 24.6 Å². The van der Waals surface area contributed by atoms with Crippen LogP contribution < -0.4 is 15.2 Å². The maximum absolute atomic E-state index is 11.5. The van der Waals surface area contributed by atoms with Crippen LogP contribution in [0.25, 0.3) is 0 Å². The van der Waals surface area contributed by atoms with Crippen molar-refractivity contribution in [2.24, 2.45) is 5.14 Å². The maximum atomic E-state index is 11.5. The van der Waals surface area contributed by atoms with Crippen molar-refractivity contribution in [3.63, 3.8) is 0 Å². The molecule has 1 atom stereocenters. The second-order valence-corrected chi connectivity index (χ2v) is 5.63. The summed E-state index contributed by atoms with van der Waals surface area (Å²) in [5.41, 5.74) is 0.645. The van der Waals surface area contributed by atoms with Crippen LogP contribution in [-0.4, -0.2) is 21.4 Å². The van der Waals surface area contributed by atoms with Crippen LogP contribution in [0, 0.1) is 0 Å². The van der Waals surface area contributed by atoms with Crippen LogP contribution >= 0.6 is 0 Å². The first kappa shape index (κ1) is 15.5. The number of hydrogen-bond acceptors (Lipinski definition) is 4. The molecule has 0 saturated heterocycles. The van der Waals surface area contributed by atoms with Gasteiger partial charge in [-0.2, -0.15) is 0 Å². The lowest BCUT2D eigenvalue weighted by atomic mass is 10.1. The van der Waals surface area contributed by atoms with Gasteiger partial charge in [-0.25, -0.2) is 13.6 Å². The van der Waals surface area contributed by atoms with E-state index in [1.807, 2.05) is 0 Å². The molecule has 1 unspecified atom stereocenters.